The lowest BCUT2D eigenvalue weighted by molar-refractivity contribution is 0.528. The van der Waals surface area contributed by atoms with Gasteiger partial charge in [-0.25, -0.2) is 0 Å². The molecule has 0 aliphatic heterocycles. The summed E-state index contributed by atoms with van der Waals surface area (Å²) in [6.45, 7) is 12.7. The van der Waals surface area contributed by atoms with E-state index in [1.165, 1.54) is 58.3 Å². The molecular weight excluding hydrogens is 278 g/mol. The van der Waals surface area contributed by atoms with Crippen LogP contribution in [0.5, 0.6) is 0 Å². The SMILES string of the molecule is C=Cc1cc2c(c(NC)c1/C=C(\C)C1CC1)CC(C(=C)C)CC2. The van der Waals surface area contributed by atoms with Gasteiger partial charge >= 0.3 is 0 Å². The second kappa shape index (κ2) is 6.39. The zero-order valence-corrected chi connectivity index (χ0v) is 14.8. The summed E-state index contributed by atoms with van der Waals surface area (Å²) in [6, 6.07) is 2.36. The Kier molecular flexibility index (Phi) is 4.48. The number of hydrogen-bond acceptors (Lipinski definition) is 1. The maximum Gasteiger partial charge on any atom is 0.0452 e. The van der Waals surface area contributed by atoms with Crippen LogP contribution in [0.2, 0.25) is 0 Å². The summed E-state index contributed by atoms with van der Waals surface area (Å²) in [7, 11) is 2.05. The van der Waals surface area contributed by atoms with Gasteiger partial charge in [-0.15, -0.1) is 0 Å². The fraction of sp³-hybridized carbons (Fsp3) is 0.455. The molecule has 1 N–H and O–H groups in total. The van der Waals surface area contributed by atoms with Crippen molar-refractivity contribution in [2.75, 3.05) is 12.4 Å². The molecule has 1 saturated carbocycles. The molecule has 0 heterocycles. The fourth-order valence-electron chi connectivity index (χ4n) is 3.87. The molecule has 1 atom stereocenters. The first-order valence-corrected chi connectivity index (χ1v) is 8.87. The zero-order chi connectivity index (χ0) is 16.6. The minimum Gasteiger partial charge on any atom is -0.387 e. The molecule has 1 unspecified atom stereocenters. The maximum absolute atomic E-state index is 4.19. The quantitative estimate of drug-likeness (QED) is 0.671. The first-order valence-electron chi connectivity index (χ1n) is 8.87. The van der Waals surface area contributed by atoms with Crippen LogP contribution >= 0.6 is 0 Å². The molecule has 1 aromatic rings. The van der Waals surface area contributed by atoms with Crippen molar-refractivity contribution < 1.29 is 0 Å². The summed E-state index contributed by atoms with van der Waals surface area (Å²) in [4.78, 5) is 0. The van der Waals surface area contributed by atoms with Crippen LogP contribution in [-0.2, 0) is 12.8 Å². The minimum atomic E-state index is 0.616. The van der Waals surface area contributed by atoms with Gasteiger partial charge in [0.25, 0.3) is 0 Å². The highest BCUT2D eigenvalue weighted by Crippen LogP contribution is 2.41. The average molecular weight is 307 g/mol. The molecular formula is C22H29N. The van der Waals surface area contributed by atoms with Crippen LogP contribution in [0.4, 0.5) is 5.69 Å². The lowest BCUT2D eigenvalue weighted by atomic mass is 9.78. The molecule has 0 radical (unpaired) electrons. The Morgan fingerprint density at radius 2 is 1.96 bits per heavy atom. The van der Waals surface area contributed by atoms with Crippen LogP contribution < -0.4 is 5.32 Å². The molecule has 1 heteroatoms. The lowest BCUT2D eigenvalue weighted by Crippen LogP contribution is -2.17. The third-order valence-electron chi connectivity index (χ3n) is 5.57. The number of allylic oxidation sites excluding steroid dienone is 2. The van der Waals surface area contributed by atoms with E-state index in [0.717, 1.165) is 18.8 Å². The average Bonchev–Trinajstić information content (AvgIpc) is 3.38. The Bertz CT molecular complexity index is 674. The van der Waals surface area contributed by atoms with Gasteiger partial charge in [-0.1, -0.05) is 42.5 Å². The smallest absolute Gasteiger partial charge is 0.0452 e. The standard InChI is InChI=1S/C22H29N/c1-6-16-12-19-10-9-18(14(2)3)13-21(19)22(23-5)20(16)11-15(4)17-7-8-17/h6,11-12,17-18,23H,1-2,7-10,13H2,3-5H3/b15-11+. The number of hydrogen-bond donors (Lipinski definition) is 1. The van der Waals surface area contributed by atoms with Crippen molar-refractivity contribution in [2.45, 2.75) is 46.0 Å². The van der Waals surface area contributed by atoms with Crippen molar-refractivity contribution in [3.8, 4) is 0 Å². The second-order valence-electron chi connectivity index (χ2n) is 7.29. The monoisotopic (exact) mass is 307 g/mol. The molecule has 23 heavy (non-hydrogen) atoms. The molecule has 0 saturated heterocycles. The summed E-state index contributed by atoms with van der Waals surface area (Å²) in [6.07, 6.45) is 10.6. The molecule has 2 aliphatic rings. The number of anilines is 1. The molecule has 1 nitrogen and oxygen atoms in total. The lowest BCUT2D eigenvalue weighted by Gasteiger charge is -2.29. The van der Waals surface area contributed by atoms with Gasteiger partial charge in [-0.3, -0.25) is 0 Å². The van der Waals surface area contributed by atoms with E-state index in [1.54, 1.807) is 0 Å². The van der Waals surface area contributed by atoms with Gasteiger partial charge in [0.1, 0.15) is 0 Å². The third kappa shape index (κ3) is 3.15. The highest BCUT2D eigenvalue weighted by atomic mass is 14.8. The molecule has 0 amide bonds. The van der Waals surface area contributed by atoms with Crippen molar-refractivity contribution in [2.24, 2.45) is 11.8 Å². The first kappa shape index (κ1) is 16.1. The van der Waals surface area contributed by atoms with Gasteiger partial charge in [-0.2, -0.15) is 0 Å². The van der Waals surface area contributed by atoms with Gasteiger partial charge in [0.05, 0.1) is 0 Å². The predicted octanol–water partition coefficient (Wildman–Crippen LogP) is 5.87. The van der Waals surface area contributed by atoms with Gasteiger partial charge in [-0.05, 0) is 74.5 Å². The van der Waals surface area contributed by atoms with Gasteiger partial charge in [0.2, 0.25) is 0 Å². The molecule has 122 valence electrons. The molecule has 1 aromatic carbocycles. The Labute approximate surface area is 141 Å². The van der Waals surface area contributed by atoms with Crippen molar-refractivity contribution >= 4 is 17.8 Å². The highest BCUT2D eigenvalue weighted by molar-refractivity contribution is 5.80. The molecule has 0 bridgehead atoms. The molecule has 3 rings (SSSR count). The Morgan fingerprint density at radius 3 is 2.52 bits per heavy atom. The molecule has 0 aromatic heterocycles. The van der Waals surface area contributed by atoms with Crippen LogP contribution in [0.25, 0.3) is 12.2 Å². The Balaban J connectivity index is 2.11. The van der Waals surface area contributed by atoms with Crippen molar-refractivity contribution in [1.29, 1.82) is 0 Å². The Hall–Kier alpha value is -1.76. The summed E-state index contributed by atoms with van der Waals surface area (Å²) in [5.41, 5.74) is 9.71. The van der Waals surface area contributed by atoms with E-state index in [4.69, 9.17) is 0 Å². The van der Waals surface area contributed by atoms with E-state index >= 15 is 0 Å². The van der Waals surface area contributed by atoms with Crippen molar-refractivity contribution in [1.82, 2.24) is 0 Å². The summed E-state index contributed by atoms with van der Waals surface area (Å²) < 4.78 is 0. The number of aryl methyl sites for hydroxylation is 1. The minimum absolute atomic E-state index is 0.616. The van der Waals surface area contributed by atoms with E-state index in [-0.39, 0.29) is 0 Å². The van der Waals surface area contributed by atoms with Crippen LogP contribution in [0, 0.1) is 11.8 Å². The van der Waals surface area contributed by atoms with Crippen LogP contribution in [0.1, 0.15) is 55.4 Å². The van der Waals surface area contributed by atoms with Gasteiger partial charge < -0.3 is 5.32 Å². The van der Waals surface area contributed by atoms with Crippen molar-refractivity contribution in [3.63, 3.8) is 0 Å². The predicted molar refractivity (Wildman–Crippen MR) is 103 cm³/mol. The number of fused-ring (bicyclic) bond motifs is 1. The van der Waals surface area contributed by atoms with E-state index in [2.05, 4.69) is 51.5 Å². The van der Waals surface area contributed by atoms with Crippen molar-refractivity contribution in [3.05, 3.63) is 52.6 Å². The normalized spacial score (nSPS) is 20.8. The fourth-order valence-corrected chi connectivity index (χ4v) is 3.87. The molecule has 1 fully saturated rings. The van der Waals surface area contributed by atoms with Crippen LogP contribution in [-0.4, -0.2) is 7.05 Å². The summed E-state index contributed by atoms with van der Waals surface area (Å²) >= 11 is 0. The largest absolute Gasteiger partial charge is 0.387 e. The van der Waals surface area contributed by atoms with E-state index in [0.29, 0.717) is 5.92 Å². The van der Waals surface area contributed by atoms with E-state index < -0.39 is 0 Å². The number of benzene rings is 1. The first-order chi connectivity index (χ1) is 11.0. The summed E-state index contributed by atoms with van der Waals surface area (Å²) in [5, 5.41) is 3.50. The number of nitrogens with one attached hydrogen (secondary N) is 1. The maximum atomic E-state index is 4.19. The molecule has 2 aliphatic carbocycles. The second-order valence-corrected chi connectivity index (χ2v) is 7.29. The summed E-state index contributed by atoms with van der Waals surface area (Å²) in [5.74, 6) is 1.42. The molecule has 0 spiro atoms. The van der Waals surface area contributed by atoms with Gasteiger partial charge in [0.15, 0.2) is 0 Å². The Morgan fingerprint density at radius 1 is 1.22 bits per heavy atom. The van der Waals surface area contributed by atoms with Crippen LogP contribution in [0.3, 0.4) is 0 Å². The topological polar surface area (TPSA) is 12.0 Å². The van der Waals surface area contributed by atoms with E-state index in [9.17, 15) is 0 Å². The zero-order valence-electron chi connectivity index (χ0n) is 14.8. The van der Waals surface area contributed by atoms with Gasteiger partial charge in [0, 0.05) is 18.3 Å². The van der Waals surface area contributed by atoms with E-state index in [1.807, 2.05) is 6.08 Å². The highest BCUT2D eigenvalue weighted by Gasteiger charge is 2.26. The third-order valence-corrected chi connectivity index (χ3v) is 5.57. The van der Waals surface area contributed by atoms with Crippen LogP contribution in [0.15, 0.2) is 30.4 Å². The number of rotatable bonds is 5.